The van der Waals surface area contributed by atoms with Gasteiger partial charge in [-0.25, -0.2) is 0 Å². The van der Waals surface area contributed by atoms with Gasteiger partial charge >= 0.3 is 0 Å². The fourth-order valence-corrected chi connectivity index (χ4v) is 2.16. The van der Waals surface area contributed by atoms with Gasteiger partial charge in [-0.15, -0.1) is 0 Å². The van der Waals surface area contributed by atoms with Crippen molar-refractivity contribution in [2.45, 2.75) is 61.4 Å². The van der Waals surface area contributed by atoms with Gasteiger partial charge in [-0.2, -0.15) is 0 Å². The molecule has 0 aliphatic carbocycles. The van der Waals surface area contributed by atoms with Gasteiger partial charge in [0.1, 0.15) is 48.8 Å². The monoisotopic (exact) mass is 360 g/mol. The zero-order chi connectivity index (χ0) is 18.6. The molecule has 0 bridgehead atoms. The van der Waals surface area contributed by atoms with E-state index in [-0.39, 0.29) is 0 Å². The maximum absolute atomic E-state index is 9.12. The van der Waals surface area contributed by atoms with Crippen LogP contribution in [0, 0.1) is 0 Å². The molecular formula is C12H24O12. The van der Waals surface area contributed by atoms with E-state index in [0.29, 0.717) is 0 Å². The van der Waals surface area contributed by atoms with Gasteiger partial charge in [-0.05, 0) is 0 Å². The molecule has 2 aliphatic heterocycles. The zero-order valence-corrected chi connectivity index (χ0v) is 12.5. The molecule has 2 saturated heterocycles. The summed E-state index contributed by atoms with van der Waals surface area (Å²) in [7, 11) is 0. The van der Waals surface area contributed by atoms with Gasteiger partial charge in [0.25, 0.3) is 0 Å². The molecule has 10 N–H and O–H groups in total. The van der Waals surface area contributed by atoms with Crippen molar-refractivity contribution in [3.05, 3.63) is 0 Å². The van der Waals surface area contributed by atoms with Gasteiger partial charge in [-0.1, -0.05) is 0 Å². The summed E-state index contributed by atoms with van der Waals surface area (Å²) in [5.74, 6) is 0. The standard InChI is InChI=1S/2C6H12O6/c2*7-1-2-3(8)4(9)5(10)6(11)12-2/h2*2-11H,1H2/t2?,3-,4+,5?,6+;2?,3-,4+,5?,6-/m11/s1. The first-order valence-electron chi connectivity index (χ1n) is 7.12. The van der Waals surface area contributed by atoms with E-state index < -0.39 is 74.6 Å². The predicted octanol–water partition coefficient (Wildman–Crippen LogP) is -6.44. The first-order valence-corrected chi connectivity index (χ1v) is 7.12. The van der Waals surface area contributed by atoms with Crippen LogP contribution in [0.15, 0.2) is 0 Å². The Balaban J connectivity index is 0.000000240. The normalized spacial score (nSPS) is 49.2. The first kappa shape index (κ1) is 21.6. The van der Waals surface area contributed by atoms with Crippen molar-refractivity contribution in [2.75, 3.05) is 13.2 Å². The highest BCUT2D eigenvalue weighted by Crippen LogP contribution is 2.19. The number of hydrogen-bond acceptors (Lipinski definition) is 12. The molecule has 12 heteroatoms. The van der Waals surface area contributed by atoms with Crippen LogP contribution in [0.1, 0.15) is 0 Å². The average Bonchev–Trinajstić information content (AvgIpc) is 2.58. The van der Waals surface area contributed by atoms with Gasteiger partial charge in [0.15, 0.2) is 12.6 Å². The highest BCUT2D eigenvalue weighted by molar-refractivity contribution is 4.88. The summed E-state index contributed by atoms with van der Waals surface area (Å²) in [4.78, 5) is 0. The molecule has 0 amide bonds. The fraction of sp³-hybridized carbons (Fsp3) is 1.00. The smallest absolute Gasteiger partial charge is 0.184 e. The summed E-state index contributed by atoms with van der Waals surface area (Å²) >= 11 is 0. The molecule has 4 unspecified atom stereocenters. The summed E-state index contributed by atoms with van der Waals surface area (Å²) in [6.07, 6.45) is -14.1. The van der Waals surface area contributed by atoms with Crippen LogP contribution in [0.4, 0.5) is 0 Å². The molecule has 2 fully saturated rings. The molecule has 144 valence electrons. The van der Waals surface area contributed by atoms with E-state index in [1.54, 1.807) is 0 Å². The zero-order valence-electron chi connectivity index (χ0n) is 12.5. The van der Waals surface area contributed by atoms with Gasteiger partial charge < -0.3 is 60.5 Å². The van der Waals surface area contributed by atoms with E-state index in [0.717, 1.165) is 0 Å². The number of ether oxygens (including phenoxy) is 2. The summed E-state index contributed by atoms with van der Waals surface area (Å²) in [5.41, 5.74) is 0. The van der Waals surface area contributed by atoms with Crippen molar-refractivity contribution in [1.29, 1.82) is 0 Å². The van der Waals surface area contributed by atoms with Crippen molar-refractivity contribution in [1.82, 2.24) is 0 Å². The summed E-state index contributed by atoms with van der Waals surface area (Å²) < 4.78 is 9.15. The van der Waals surface area contributed by atoms with Crippen LogP contribution in [0.2, 0.25) is 0 Å². The lowest BCUT2D eigenvalue weighted by Gasteiger charge is -2.37. The molecule has 0 aromatic heterocycles. The Morgan fingerprint density at radius 3 is 1.00 bits per heavy atom. The summed E-state index contributed by atoms with van der Waals surface area (Å²) in [6, 6.07) is 0. The first-order chi connectivity index (χ1) is 11.1. The lowest BCUT2D eigenvalue weighted by Crippen LogP contribution is -2.58. The maximum atomic E-state index is 9.12. The topological polar surface area (TPSA) is 221 Å². The third-order valence-corrected chi connectivity index (χ3v) is 3.73. The van der Waals surface area contributed by atoms with Gasteiger partial charge in [-0.3, -0.25) is 0 Å². The molecule has 0 aromatic carbocycles. The van der Waals surface area contributed by atoms with Crippen LogP contribution in [-0.2, 0) is 9.47 Å². The lowest BCUT2D eigenvalue weighted by atomic mass is 10.00. The van der Waals surface area contributed by atoms with E-state index in [4.69, 9.17) is 51.1 Å². The van der Waals surface area contributed by atoms with Crippen molar-refractivity contribution < 1.29 is 60.5 Å². The number of hydrogen-bond donors (Lipinski definition) is 10. The molecule has 2 aliphatic rings. The predicted molar refractivity (Wildman–Crippen MR) is 72.0 cm³/mol. The fourth-order valence-electron chi connectivity index (χ4n) is 2.16. The van der Waals surface area contributed by atoms with Crippen LogP contribution in [0.5, 0.6) is 0 Å². The molecular weight excluding hydrogens is 336 g/mol. The highest BCUT2D eigenvalue weighted by Gasteiger charge is 2.43. The highest BCUT2D eigenvalue weighted by atomic mass is 16.6. The van der Waals surface area contributed by atoms with Crippen molar-refractivity contribution >= 4 is 0 Å². The molecule has 2 rings (SSSR count). The van der Waals surface area contributed by atoms with Crippen LogP contribution in [0.25, 0.3) is 0 Å². The van der Waals surface area contributed by atoms with Crippen LogP contribution < -0.4 is 0 Å². The Morgan fingerprint density at radius 1 is 0.458 bits per heavy atom. The SMILES string of the molecule is OCC1O[C@@H](O)C(O)[C@@H](O)[C@@H]1O.OCC1O[C@H](O)C(O)[C@@H](O)[C@@H]1O. The largest absolute Gasteiger partial charge is 0.394 e. The van der Waals surface area contributed by atoms with Crippen molar-refractivity contribution in [3.8, 4) is 0 Å². The summed E-state index contributed by atoms with van der Waals surface area (Å²) in [5, 5.41) is 89.3. The molecule has 24 heavy (non-hydrogen) atoms. The van der Waals surface area contributed by atoms with E-state index in [1.165, 1.54) is 0 Å². The Kier molecular flexibility index (Phi) is 8.34. The number of aliphatic hydroxyl groups excluding tert-OH is 10. The third-order valence-electron chi connectivity index (χ3n) is 3.73. The van der Waals surface area contributed by atoms with E-state index >= 15 is 0 Å². The second-order valence-corrected chi connectivity index (χ2v) is 5.44. The average molecular weight is 360 g/mol. The summed E-state index contributed by atoms with van der Waals surface area (Å²) in [6.45, 7) is -1.05. The van der Waals surface area contributed by atoms with Gasteiger partial charge in [0.05, 0.1) is 13.2 Å². The molecule has 0 spiro atoms. The van der Waals surface area contributed by atoms with Crippen LogP contribution >= 0.6 is 0 Å². The van der Waals surface area contributed by atoms with E-state index in [1.807, 2.05) is 0 Å². The van der Waals surface area contributed by atoms with Crippen molar-refractivity contribution in [3.63, 3.8) is 0 Å². The van der Waals surface area contributed by atoms with Gasteiger partial charge in [0.2, 0.25) is 0 Å². The molecule has 12 nitrogen and oxygen atoms in total. The maximum Gasteiger partial charge on any atom is 0.184 e. The molecule has 0 aromatic rings. The molecule has 0 saturated carbocycles. The Hall–Kier alpha value is -0.480. The molecule has 2 heterocycles. The number of rotatable bonds is 2. The second-order valence-electron chi connectivity index (χ2n) is 5.44. The minimum atomic E-state index is -1.57. The molecule has 10 atom stereocenters. The Labute approximate surface area is 136 Å². The van der Waals surface area contributed by atoms with Crippen LogP contribution in [0.3, 0.4) is 0 Å². The van der Waals surface area contributed by atoms with E-state index in [2.05, 4.69) is 9.47 Å². The second kappa shape index (κ2) is 9.28. The quantitative estimate of drug-likeness (QED) is 0.222. The van der Waals surface area contributed by atoms with Crippen LogP contribution in [-0.4, -0.2) is 126 Å². The Morgan fingerprint density at radius 2 is 0.750 bits per heavy atom. The van der Waals surface area contributed by atoms with E-state index in [9.17, 15) is 0 Å². The molecule has 0 radical (unpaired) electrons. The van der Waals surface area contributed by atoms with Gasteiger partial charge in [0, 0.05) is 0 Å². The third kappa shape index (κ3) is 4.78. The minimum Gasteiger partial charge on any atom is -0.394 e. The lowest BCUT2D eigenvalue weighted by molar-refractivity contribution is -0.286. The van der Waals surface area contributed by atoms with Crippen molar-refractivity contribution in [2.24, 2.45) is 0 Å². The minimum absolute atomic E-state index is 0.526. The Bertz CT molecular complexity index is 326. The number of aliphatic hydroxyl groups is 10.